The number of hydrogen-bond donors (Lipinski definition) is 0. The topological polar surface area (TPSA) is 20.3 Å². The second-order valence-electron chi connectivity index (χ2n) is 6.18. The molecule has 1 aromatic carbocycles. The third-order valence-corrected chi connectivity index (χ3v) is 4.79. The fourth-order valence-electron chi connectivity index (χ4n) is 2.74. The van der Waals surface area contributed by atoms with Crippen LogP contribution in [0, 0.1) is 5.92 Å². The number of amides is 1. The van der Waals surface area contributed by atoms with Gasteiger partial charge >= 0.3 is 0 Å². The predicted molar refractivity (Wildman–Crippen MR) is 87.1 cm³/mol. The zero-order valence-corrected chi connectivity index (χ0v) is 13.4. The van der Waals surface area contributed by atoms with Gasteiger partial charge in [-0.2, -0.15) is 0 Å². The summed E-state index contributed by atoms with van der Waals surface area (Å²) in [6.45, 7) is 5.98. The van der Waals surface area contributed by atoms with E-state index in [0.29, 0.717) is 17.7 Å². The highest BCUT2D eigenvalue weighted by Gasteiger charge is 2.27. The standard InChI is InChI=1S/C16H23BClNO/c1-11(2)15(17)16(20)19-9-7-13(8-10-19)12-3-5-14(18)6-4-12/h3-6,11,13,15H,7-10,17H2,1-2H3. The lowest BCUT2D eigenvalue weighted by molar-refractivity contribution is -0.132. The van der Waals surface area contributed by atoms with E-state index in [0.717, 1.165) is 31.0 Å². The van der Waals surface area contributed by atoms with Crippen molar-refractivity contribution in [3.05, 3.63) is 34.9 Å². The van der Waals surface area contributed by atoms with Gasteiger partial charge in [-0.05, 0) is 42.4 Å². The van der Waals surface area contributed by atoms with E-state index in [9.17, 15) is 4.79 Å². The predicted octanol–water partition coefficient (Wildman–Crippen LogP) is 3.12. The number of likely N-dealkylation sites (tertiary alicyclic amines) is 1. The lowest BCUT2D eigenvalue weighted by Crippen LogP contribution is -2.40. The van der Waals surface area contributed by atoms with Crippen molar-refractivity contribution in [3.8, 4) is 0 Å². The minimum atomic E-state index is 0.127. The second-order valence-corrected chi connectivity index (χ2v) is 6.62. The Labute approximate surface area is 127 Å². The molecule has 2 nitrogen and oxygen atoms in total. The molecule has 20 heavy (non-hydrogen) atoms. The average molecular weight is 292 g/mol. The number of carbonyl (C=O) groups excluding carboxylic acids is 1. The highest BCUT2D eigenvalue weighted by Crippen LogP contribution is 2.30. The van der Waals surface area contributed by atoms with Gasteiger partial charge < -0.3 is 4.90 Å². The van der Waals surface area contributed by atoms with Crippen molar-refractivity contribution < 1.29 is 4.79 Å². The second kappa shape index (κ2) is 6.67. The number of rotatable bonds is 3. The van der Waals surface area contributed by atoms with Gasteiger partial charge in [-0.3, -0.25) is 4.79 Å². The van der Waals surface area contributed by atoms with Gasteiger partial charge in [-0.15, -0.1) is 0 Å². The molecule has 0 saturated carbocycles. The number of piperidine rings is 1. The first kappa shape index (κ1) is 15.4. The van der Waals surface area contributed by atoms with Gasteiger partial charge in [-0.1, -0.05) is 37.6 Å². The number of halogens is 1. The first-order valence-corrected chi connectivity index (χ1v) is 7.91. The summed E-state index contributed by atoms with van der Waals surface area (Å²) in [5.74, 6) is 1.42. The summed E-state index contributed by atoms with van der Waals surface area (Å²) >= 11 is 5.93. The number of benzene rings is 1. The van der Waals surface area contributed by atoms with Crippen LogP contribution in [0.15, 0.2) is 24.3 Å². The van der Waals surface area contributed by atoms with E-state index in [1.165, 1.54) is 5.56 Å². The summed E-state index contributed by atoms with van der Waals surface area (Å²) < 4.78 is 0. The van der Waals surface area contributed by atoms with Gasteiger partial charge in [0, 0.05) is 23.9 Å². The number of hydrogen-bond acceptors (Lipinski definition) is 1. The van der Waals surface area contributed by atoms with Gasteiger partial charge in [0.25, 0.3) is 0 Å². The molecule has 1 fully saturated rings. The smallest absolute Gasteiger partial charge is 0.217 e. The Hall–Kier alpha value is -0.955. The van der Waals surface area contributed by atoms with Crippen LogP contribution < -0.4 is 0 Å². The summed E-state index contributed by atoms with van der Waals surface area (Å²) in [6.07, 6.45) is 2.11. The van der Waals surface area contributed by atoms with Crippen molar-refractivity contribution in [1.82, 2.24) is 4.90 Å². The van der Waals surface area contributed by atoms with Crippen molar-refractivity contribution >= 4 is 25.4 Å². The van der Waals surface area contributed by atoms with Crippen LogP contribution in [0.25, 0.3) is 0 Å². The molecule has 1 unspecified atom stereocenters. The molecule has 1 saturated heterocycles. The Kier molecular flexibility index (Phi) is 5.14. The SMILES string of the molecule is BC(C(=O)N1CCC(c2ccc(Cl)cc2)CC1)C(C)C. The van der Waals surface area contributed by atoms with Crippen LogP contribution in [0.3, 0.4) is 0 Å². The molecule has 1 heterocycles. The summed E-state index contributed by atoms with van der Waals surface area (Å²) in [6, 6.07) is 8.13. The van der Waals surface area contributed by atoms with E-state index < -0.39 is 0 Å². The molecule has 1 atom stereocenters. The van der Waals surface area contributed by atoms with Crippen LogP contribution >= 0.6 is 11.6 Å². The van der Waals surface area contributed by atoms with Gasteiger partial charge in [0.15, 0.2) is 0 Å². The Morgan fingerprint density at radius 1 is 1.25 bits per heavy atom. The van der Waals surface area contributed by atoms with E-state index in [1.54, 1.807) is 0 Å². The zero-order chi connectivity index (χ0) is 14.7. The molecular weight excluding hydrogens is 268 g/mol. The highest BCUT2D eigenvalue weighted by molar-refractivity contribution is 6.30. The lowest BCUT2D eigenvalue weighted by atomic mass is 9.76. The zero-order valence-electron chi connectivity index (χ0n) is 12.6. The fraction of sp³-hybridized carbons (Fsp3) is 0.562. The van der Waals surface area contributed by atoms with E-state index in [2.05, 4.69) is 26.0 Å². The van der Waals surface area contributed by atoms with Crippen LogP contribution in [0.5, 0.6) is 0 Å². The average Bonchev–Trinajstić information content (AvgIpc) is 2.46. The lowest BCUT2D eigenvalue weighted by Gasteiger charge is -2.34. The van der Waals surface area contributed by atoms with Crippen molar-refractivity contribution in [2.24, 2.45) is 5.92 Å². The molecule has 0 aromatic heterocycles. The Morgan fingerprint density at radius 2 is 1.80 bits per heavy atom. The molecule has 108 valence electrons. The largest absolute Gasteiger partial charge is 0.343 e. The molecule has 1 aliphatic heterocycles. The first-order chi connectivity index (χ1) is 9.49. The van der Waals surface area contributed by atoms with Crippen molar-refractivity contribution in [2.45, 2.75) is 38.4 Å². The van der Waals surface area contributed by atoms with Crippen molar-refractivity contribution in [1.29, 1.82) is 0 Å². The highest BCUT2D eigenvalue weighted by atomic mass is 35.5. The maximum Gasteiger partial charge on any atom is 0.217 e. The monoisotopic (exact) mass is 291 g/mol. The molecule has 0 radical (unpaired) electrons. The van der Waals surface area contributed by atoms with E-state index >= 15 is 0 Å². The summed E-state index contributed by atoms with van der Waals surface area (Å²) in [7, 11) is 2.04. The molecule has 1 aliphatic rings. The maximum absolute atomic E-state index is 12.3. The third-order valence-electron chi connectivity index (χ3n) is 4.54. The fourth-order valence-corrected chi connectivity index (χ4v) is 2.87. The van der Waals surface area contributed by atoms with E-state index in [1.807, 2.05) is 24.9 Å². The normalized spacial score (nSPS) is 18.3. The van der Waals surface area contributed by atoms with Crippen LogP contribution in [-0.4, -0.2) is 31.7 Å². The van der Waals surface area contributed by atoms with Gasteiger partial charge in [0.1, 0.15) is 7.85 Å². The third kappa shape index (κ3) is 3.57. The van der Waals surface area contributed by atoms with Gasteiger partial charge in [0.2, 0.25) is 5.91 Å². The maximum atomic E-state index is 12.3. The molecular formula is C16H23BClNO. The van der Waals surface area contributed by atoms with Crippen LogP contribution in [0.2, 0.25) is 10.8 Å². The minimum Gasteiger partial charge on any atom is -0.343 e. The summed E-state index contributed by atoms with van der Waals surface area (Å²) in [5.41, 5.74) is 1.35. The Balaban J connectivity index is 1.92. The summed E-state index contributed by atoms with van der Waals surface area (Å²) in [5, 5.41) is 0.784. The Bertz CT molecular complexity index is 452. The number of carbonyl (C=O) groups is 1. The molecule has 0 bridgehead atoms. The minimum absolute atomic E-state index is 0.127. The number of nitrogens with zero attached hydrogens (tertiary/aromatic N) is 1. The molecule has 0 N–H and O–H groups in total. The molecule has 4 heteroatoms. The molecule has 0 aliphatic carbocycles. The van der Waals surface area contributed by atoms with Gasteiger partial charge in [0.05, 0.1) is 0 Å². The van der Waals surface area contributed by atoms with Crippen molar-refractivity contribution in [3.63, 3.8) is 0 Å². The van der Waals surface area contributed by atoms with E-state index in [4.69, 9.17) is 11.6 Å². The molecule has 1 aromatic rings. The van der Waals surface area contributed by atoms with Gasteiger partial charge in [-0.25, -0.2) is 0 Å². The van der Waals surface area contributed by atoms with Crippen LogP contribution in [0.4, 0.5) is 0 Å². The Morgan fingerprint density at radius 3 is 2.30 bits per heavy atom. The first-order valence-electron chi connectivity index (χ1n) is 7.53. The van der Waals surface area contributed by atoms with Crippen LogP contribution in [0.1, 0.15) is 38.2 Å². The quantitative estimate of drug-likeness (QED) is 0.784. The summed E-state index contributed by atoms with van der Waals surface area (Å²) in [4.78, 5) is 14.4. The van der Waals surface area contributed by atoms with Crippen molar-refractivity contribution in [2.75, 3.05) is 13.1 Å². The molecule has 1 amide bonds. The van der Waals surface area contributed by atoms with Crippen LogP contribution in [-0.2, 0) is 4.79 Å². The molecule has 2 rings (SSSR count). The van der Waals surface area contributed by atoms with E-state index in [-0.39, 0.29) is 5.82 Å². The molecule has 0 spiro atoms.